The molecule has 1 aromatic heterocycles. The van der Waals surface area contributed by atoms with Crippen molar-refractivity contribution in [1.29, 1.82) is 0 Å². The number of hydrogen-bond acceptors (Lipinski definition) is 4. The minimum Gasteiger partial charge on any atom is -0.454 e. The average molecular weight is 354 g/mol. The minimum atomic E-state index is 0.333. The van der Waals surface area contributed by atoms with Gasteiger partial charge in [0, 0.05) is 18.0 Å². The van der Waals surface area contributed by atoms with E-state index in [2.05, 4.69) is 52.0 Å². The van der Waals surface area contributed by atoms with E-state index < -0.39 is 0 Å². The highest BCUT2D eigenvalue weighted by atomic mass is 79.9. The lowest BCUT2D eigenvalue weighted by atomic mass is 10.2. The second-order valence-electron chi connectivity index (χ2n) is 4.70. The van der Waals surface area contributed by atoms with Crippen LogP contribution in [0.5, 0.6) is 11.5 Å². The van der Waals surface area contributed by atoms with Crippen molar-refractivity contribution < 1.29 is 9.47 Å². The van der Waals surface area contributed by atoms with E-state index >= 15 is 0 Å². The van der Waals surface area contributed by atoms with E-state index in [-0.39, 0.29) is 0 Å². The van der Waals surface area contributed by atoms with Gasteiger partial charge in [0.05, 0.1) is 3.79 Å². The van der Waals surface area contributed by atoms with E-state index in [1.54, 1.807) is 11.3 Å². The molecule has 2 heterocycles. The third-order valence-corrected chi connectivity index (χ3v) is 4.91. The number of nitrogens with zero attached hydrogens (tertiary/aromatic N) is 1. The fourth-order valence-corrected chi connectivity index (χ4v) is 3.76. The van der Waals surface area contributed by atoms with Crippen LogP contribution in [-0.4, -0.2) is 18.2 Å². The van der Waals surface area contributed by atoms with Crippen molar-refractivity contribution >= 4 is 27.3 Å². The molecule has 0 spiro atoms. The van der Waals surface area contributed by atoms with Crippen LogP contribution in [0.1, 0.15) is 17.4 Å². The summed E-state index contributed by atoms with van der Waals surface area (Å²) < 4.78 is 12.0. The van der Waals surface area contributed by atoms with Gasteiger partial charge in [-0.25, -0.2) is 0 Å². The van der Waals surface area contributed by atoms with Gasteiger partial charge < -0.3 is 9.47 Å². The van der Waals surface area contributed by atoms with Gasteiger partial charge in [0.2, 0.25) is 6.79 Å². The van der Waals surface area contributed by atoms with E-state index in [4.69, 9.17) is 9.47 Å². The predicted molar refractivity (Wildman–Crippen MR) is 84.4 cm³/mol. The van der Waals surface area contributed by atoms with Crippen LogP contribution < -0.4 is 9.47 Å². The SMILES string of the molecule is CCN(Cc1ccc2c(c1)OCO2)Cc1ccc(Br)s1. The summed E-state index contributed by atoms with van der Waals surface area (Å²) in [5.41, 5.74) is 1.26. The second-order valence-corrected chi connectivity index (χ2v) is 7.24. The van der Waals surface area contributed by atoms with Gasteiger partial charge in [-0.3, -0.25) is 4.90 Å². The van der Waals surface area contributed by atoms with Gasteiger partial charge in [0.25, 0.3) is 0 Å². The molecule has 0 fully saturated rings. The predicted octanol–water partition coefficient (Wildman–Crippen LogP) is 4.26. The van der Waals surface area contributed by atoms with Gasteiger partial charge in [-0.2, -0.15) is 0 Å². The third kappa shape index (κ3) is 3.16. The molecule has 1 aromatic carbocycles. The first-order chi connectivity index (χ1) is 9.74. The molecular formula is C15H16BrNO2S. The molecular weight excluding hydrogens is 338 g/mol. The molecule has 1 aliphatic rings. The summed E-state index contributed by atoms with van der Waals surface area (Å²) in [5.74, 6) is 1.71. The van der Waals surface area contributed by atoms with E-state index in [9.17, 15) is 0 Å². The molecule has 0 saturated heterocycles. The zero-order chi connectivity index (χ0) is 13.9. The highest BCUT2D eigenvalue weighted by molar-refractivity contribution is 9.11. The highest BCUT2D eigenvalue weighted by Crippen LogP contribution is 2.33. The smallest absolute Gasteiger partial charge is 0.231 e. The average Bonchev–Trinajstić information content (AvgIpc) is 3.06. The Morgan fingerprint density at radius 1 is 1.15 bits per heavy atom. The Balaban J connectivity index is 1.68. The normalized spacial score (nSPS) is 13.2. The van der Waals surface area contributed by atoms with Gasteiger partial charge in [-0.1, -0.05) is 13.0 Å². The fourth-order valence-electron chi connectivity index (χ4n) is 2.23. The molecule has 3 nitrogen and oxygen atoms in total. The molecule has 0 atom stereocenters. The number of thiophene rings is 1. The van der Waals surface area contributed by atoms with Crippen LogP contribution in [0.25, 0.3) is 0 Å². The fraction of sp³-hybridized carbons (Fsp3) is 0.333. The number of benzene rings is 1. The largest absolute Gasteiger partial charge is 0.454 e. The Hall–Kier alpha value is -1.04. The highest BCUT2D eigenvalue weighted by Gasteiger charge is 2.14. The maximum atomic E-state index is 5.43. The molecule has 0 bridgehead atoms. The summed E-state index contributed by atoms with van der Waals surface area (Å²) >= 11 is 5.31. The van der Waals surface area contributed by atoms with Crippen LogP contribution >= 0.6 is 27.3 Å². The molecule has 3 rings (SSSR count). The lowest BCUT2D eigenvalue weighted by Gasteiger charge is -2.19. The van der Waals surface area contributed by atoms with E-state index in [1.165, 1.54) is 14.2 Å². The first-order valence-corrected chi connectivity index (χ1v) is 8.20. The molecule has 0 unspecified atom stereocenters. The molecule has 0 radical (unpaired) electrons. The van der Waals surface area contributed by atoms with Crippen molar-refractivity contribution in [2.45, 2.75) is 20.0 Å². The lowest BCUT2D eigenvalue weighted by molar-refractivity contribution is 0.174. The van der Waals surface area contributed by atoms with Crippen molar-refractivity contribution in [3.63, 3.8) is 0 Å². The molecule has 20 heavy (non-hydrogen) atoms. The number of ether oxygens (including phenoxy) is 2. The number of halogens is 1. The van der Waals surface area contributed by atoms with Crippen molar-refractivity contribution in [3.8, 4) is 11.5 Å². The van der Waals surface area contributed by atoms with Crippen molar-refractivity contribution in [1.82, 2.24) is 4.90 Å². The van der Waals surface area contributed by atoms with Crippen LogP contribution in [0.2, 0.25) is 0 Å². The van der Waals surface area contributed by atoms with Crippen molar-refractivity contribution in [3.05, 3.63) is 44.6 Å². The molecule has 106 valence electrons. The summed E-state index contributed by atoms with van der Waals surface area (Å²) in [6, 6.07) is 10.5. The van der Waals surface area contributed by atoms with Crippen molar-refractivity contribution in [2.24, 2.45) is 0 Å². The standard InChI is InChI=1S/C15H16BrNO2S/c1-2-17(9-12-4-6-15(16)20-12)8-11-3-5-13-14(7-11)19-10-18-13/h3-7H,2,8-10H2,1H3. The number of fused-ring (bicyclic) bond motifs is 1. The Morgan fingerprint density at radius 2 is 2.00 bits per heavy atom. The van der Waals surface area contributed by atoms with E-state index in [1.807, 2.05) is 6.07 Å². The van der Waals surface area contributed by atoms with Gasteiger partial charge in [0.1, 0.15) is 0 Å². The second kappa shape index (κ2) is 6.16. The summed E-state index contributed by atoms with van der Waals surface area (Å²) in [6.07, 6.45) is 0. The summed E-state index contributed by atoms with van der Waals surface area (Å²) in [6.45, 7) is 5.43. The zero-order valence-electron chi connectivity index (χ0n) is 11.3. The van der Waals surface area contributed by atoms with Gasteiger partial charge >= 0.3 is 0 Å². The van der Waals surface area contributed by atoms with E-state index in [0.717, 1.165) is 31.1 Å². The summed E-state index contributed by atoms with van der Waals surface area (Å²) in [4.78, 5) is 3.79. The summed E-state index contributed by atoms with van der Waals surface area (Å²) in [7, 11) is 0. The molecule has 5 heteroatoms. The van der Waals surface area contributed by atoms with Crippen LogP contribution in [0.15, 0.2) is 34.1 Å². The van der Waals surface area contributed by atoms with Crippen LogP contribution in [0.3, 0.4) is 0 Å². The van der Waals surface area contributed by atoms with Crippen LogP contribution in [0, 0.1) is 0 Å². The monoisotopic (exact) mass is 353 g/mol. The van der Waals surface area contributed by atoms with E-state index in [0.29, 0.717) is 6.79 Å². The van der Waals surface area contributed by atoms with Crippen LogP contribution in [0.4, 0.5) is 0 Å². The molecule has 0 saturated carbocycles. The molecule has 0 amide bonds. The first kappa shape index (κ1) is 13.9. The maximum Gasteiger partial charge on any atom is 0.231 e. The van der Waals surface area contributed by atoms with Crippen LogP contribution in [-0.2, 0) is 13.1 Å². The molecule has 1 aliphatic heterocycles. The third-order valence-electron chi connectivity index (χ3n) is 3.30. The topological polar surface area (TPSA) is 21.7 Å². The van der Waals surface area contributed by atoms with Gasteiger partial charge in [-0.05, 0) is 52.3 Å². The Bertz CT molecular complexity index is 599. The molecule has 2 aromatic rings. The minimum absolute atomic E-state index is 0.333. The van der Waals surface area contributed by atoms with Gasteiger partial charge in [-0.15, -0.1) is 11.3 Å². The quantitative estimate of drug-likeness (QED) is 0.801. The lowest BCUT2D eigenvalue weighted by Crippen LogP contribution is -2.21. The Morgan fingerprint density at radius 3 is 2.75 bits per heavy atom. The Labute approximate surface area is 131 Å². The maximum absolute atomic E-state index is 5.43. The number of hydrogen-bond donors (Lipinski definition) is 0. The zero-order valence-corrected chi connectivity index (χ0v) is 13.7. The van der Waals surface area contributed by atoms with Gasteiger partial charge in [0.15, 0.2) is 11.5 Å². The molecule has 0 aliphatic carbocycles. The summed E-state index contributed by atoms with van der Waals surface area (Å²) in [5, 5.41) is 0. The Kier molecular flexibility index (Phi) is 4.29. The first-order valence-electron chi connectivity index (χ1n) is 6.59. The van der Waals surface area contributed by atoms with Crippen molar-refractivity contribution in [2.75, 3.05) is 13.3 Å². The molecule has 0 N–H and O–H groups in total. The number of rotatable bonds is 5.